The maximum absolute atomic E-state index is 11.0. The van der Waals surface area contributed by atoms with Crippen LogP contribution in [0, 0.1) is 16.7 Å². The van der Waals surface area contributed by atoms with Gasteiger partial charge >= 0.3 is 25.4 Å². The Morgan fingerprint density at radius 2 is 1.78 bits per heavy atom. The van der Waals surface area contributed by atoms with Gasteiger partial charge in [-0.2, -0.15) is 0 Å². The fourth-order valence-corrected chi connectivity index (χ4v) is 3.10. The number of cyclic esters (lactones) is 1. The molecule has 0 aromatic carbocycles. The van der Waals surface area contributed by atoms with E-state index in [9.17, 15) is 24.6 Å². The molecule has 10 nitrogen and oxygen atoms in total. The fourth-order valence-electron chi connectivity index (χ4n) is 3.10. The molecule has 0 saturated heterocycles. The van der Waals surface area contributed by atoms with Crippen LogP contribution in [0.5, 0.6) is 0 Å². The average Bonchev–Trinajstić information content (AvgIpc) is 2.95. The average molecular weight is 440 g/mol. The van der Waals surface area contributed by atoms with Crippen LogP contribution >= 0.6 is 0 Å². The van der Waals surface area contributed by atoms with Crippen molar-refractivity contribution in [2.45, 2.75) is 45.8 Å². The number of aliphatic hydroxyl groups is 4. The number of esters is 1. The molecule has 0 amide bonds. The Kier molecular flexibility index (Phi) is 8.42. The van der Waals surface area contributed by atoms with E-state index < -0.39 is 65.0 Å². The largest absolute Gasteiger partial charge is 2.00 e. The SMILES string of the molecule is CC1(C(=O)[O-])CCC(C(=O)[O-])C1(C)C.O=C1O[C@H]([C@@H](O)CO)C(O)=C1O.[Zn+2]. The molecule has 0 aromatic rings. The van der Waals surface area contributed by atoms with Gasteiger partial charge in [0.15, 0.2) is 11.9 Å². The molecule has 27 heavy (non-hydrogen) atoms. The van der Waals surface area contributed by atoms with Gasteiger partial charge in [0.25, 0.3) is 0 Å². The van der Waals surface area contributed by atoms with Crippen LogP contribution in [0.4, 0.5) is 0 Å². The summed E-state index contributed by atoms with van der Waals surface area (Å²) in [7, 11) is 0. The molecule has 1 aliphatic heterocycles. The van der Waals surface area contributed by atoms with E-state index in [4.69, 9.17) is 20.4 Å². The minimum absolute atomic E-state index is 0. The van der Waals surface area contributed by atoms with E-state index in [1.54, 1.807) is 20.8 Å². The molecular formula is C16H22O10Zn. The van der Waals surface area contributed by atoms with Crippen LogP contribution < -0.4 is 10.2 Å². The maximum atomic E-state index is 11.0. The summed E-state index contributed by atoms with van der Waals surface area (Å²) >= 11 is 0. The zero-order chi connectivity index (χ0) is 20.4. The Labute approximate surface area is 168 Å². The number of carbonyl (C=O) groups is 3. The number of aliphatic carboxylic acids is 2. The molecule has 1 fully saturated rings. The van der Waals surface area contributed by atoms with Crippen molar-refractivity contribution >= 4 is 17.9 Å². The Morgan fingerprint density at radius 1 is 1.26 bits per heavy atom. The second kappa shape index (κ2) is 8.99. The van der Waals surface area contributed by atoms with E-state index in [0.717, 1.165) is 0 Å². The molecule has 0 aromatic heterocycles. The molecule has 148 valence electrons. The van der Waals surface area contributed by atoms with Gasteiger partial charge in [-0.15, -0.1) is 0 Å². The molecule has 1 saturated carbocycles. The van der Waals surface area contributed by atoms with Crippen LogP contribution in [0.2, 0.25) is 0 Å². The normalized spacial score (nSPS) is 29.9. The summed E-state index contributed by atoms with van der Waals surface area (Å²) in [6, 6.07) is 0. The number of ether oxygens (including phenoxy) is 1. The number of hydrogen-bond donors (Lipinski definition) is 4. The van der Waals surface area contributed by atoms with E-state index in [0.29, 0.717) is 12.8 Å². The van der Waals surface area contributed by atoms with E-state index in [1.165, 1.54) is 0 Å². The topological polar surface area (TPSA) is 187 Å². The summed E-state index contributed by atoms with van der Waals surface area (Å²) in [6.45, 7) is 4.17. The van der Waals surface area contributed by atoms with Crippen molar-refractivity contribution in [2.24, 2.45) is 16.7 Å². The molecule has 4 N–H and O–H groups in total. The van der Waals surface area contributed by atoms with Crippen LogP contribution in [0.15, 0.2) is 11.5 Å². The van der Waals surface area contributed by atoms with Crippen molar-refractivity contribution in [2.75, 3.05) is 6.61 Å². The van der Waals surface area contributed by atoms with E-state index in [-0.39, 0.29) is 19.5 Å². The van der Waals surface area contributed by atoms with Gasteiger partial charge in [-0.3, -0.25) is 0 Å². The number of hydrogen-bond acceptors (Lipinski definition) is 10. The van der Waals surface area contributed by atoms with Crippen molar-refractivity contribution in [1.29, 1.82) is 0 Å². The van der Waals surface area contributed by atoms with Crippen LogP contribution in [-0.2, 0) is 38.6 Å². The van der Waals surface area contributed by atoms with E-state index in [1.807, 2.05) is 0 Å². The Hall–Kier alpha value is -1.71. The number of rotatable bonds is 4. The summed E-state index contributed by atoms with van der Waals surface area (Å²) in [5.74, 6) is -5.82. The molecule has 2 aliphatic rings. The van der Waals surface area contributed by atoms with Gasteiger partial charge < -0.3 is 45.0 Å². The summed E-state index contributed by atoms with van der Waals surface area (Å²) in [4.78, 5) is 32.3. The standard InChI is InChI=1S/C10H16O4.C6H8O6.Zn/c1-9(2)6(7(11)12)4-5-10(9,3)8(13)14;7-1-2(8)5-3(9)4(10)6(11)12-5;/h6H,4-5H2,1-3H3,(H,11,12)(H,13,14);2,5,7-10H,1H2;/q;;+2/p-2/t;2-,5+;/m.0./s1. The number of carboxylic acid groups (broad SMARTS) is 2. The molecule has 1 aliphatic carbocycles. The molecule has 4 atom stereocenters. The van der Waals surface area contributed by atoms with E-state index in [2.05, 4.69) is 4.74 Å². The molecule has 2 unspecified atom stereocenters. The van der Waals surface area contributed by atoms with Gasteiger partial charge in [0.1, 0.15) is 6.10 Å². The first-order valence-electron chi connectivity index (χ1n) is 7.85. The minimum atomic E-state index is -1.42. The maximum Gasteiger partial charge on any atom is 2.00 e. The molecule has 2 rings (SSSR count). The number of carboxylic acids is 2. The third kappa shape index (κ3) is 4.59. The van der Waals surface area contributed by atoms with Crippen molar-refractivity contribution in [3.8, 4) is 0 Å². The van der Waals surface area contributed by atoms with Crippen LogP contribution in [-0.4, -0.2) is 57.1 Å². The monoisotopic (exact) mass is 438 g/mol. The van der Waals surface area contributed by atoms with Gasteiger partial charge in [0.05, 0.1) is 6.61 Å². The summed E-state index contributed by atoms with van der Waals surface area (Å²) in [5, 5.41) is 56.8. The second-order valence-corrected chi connectivity index (χ2v) is 7.06. The Bertz CT molecular complexity index is 629. The Morgan fingerprint density at radius 3 is 2.04 bits per heavy atom. The van der Waals surface area contributed by atoms with Gasteiger partial charge in [-0.1, -0.05) is 20.8 Å². The third-order valence-electron chi connectivity index (χ3n) is 5.44. The first-order valence-corrected chi connectivity index (χ1v) is 7.85. The molecule has 11 heteroatoms. The number of carbonyl (C=O) groups excluding carboxylic acids is 3. The van der Waals surface area contributed by atoms with Crippen molar-refractivity contribution in [3.63, 3.8) is 0 Å². The summed E-state index contributed by atoms with van der Waals surface area (Å²) in [6.07, 6.45) is -2.10. The fraction of sp³-hybridized carbons (Fsp3) is 0.688. The molecule has 1 heterocycles. The van der Waals surface area contributed by atoms with Crippen molar-refractivity contribution in [1.82, 2.24) is 0 Å². The van der Waals surface area contributed by atoms with Gasteiger partial charge in [0.2, 0.25) is 5.76 Å². The predicted octanol–water partition coefficient (Wildman–Crippen LogP) is -2.48. The minimum Gasteiger partial charge on any atom is -0.550 e. The first kappa shape index (κ1) is 25.3. The summed E-state index contributed by atoms with van der Waals surface area (Å²) in [5.41, 5.74) is -1.89. The second-order valence-electron chi connectivity index (χ2n) is 7.06. The zero-order valence-electron chi connectivity index (χ0n) is 15.3. The van der Waals surface area contributed by atoms with Crippen LogP contribution in [0.3, 0.4) is 0 Å². The van der Waals surface area contributed by atoms with Crippen molar-refractivity contribution < 1.29 is 69.2 Å². The first-order chi connectivity index (χ1) is 11.8. The van der Waals surface area contributed by atoms with Gasteiger partial charge in [-0.05, 0) is 18.3 Å². The number of aliphatic hydroxyl groups excluding tert-OH is 4. The van der Waals surface area contributed by atoms with Crippen LogP contribution in [0.1, 0.15) is 33.6 Å². The van der Waals surface area contributed by atoms with Gasteiger partial charge in [0, 0.05) is 23.3 Å². The Balaban J connectivity index is 0.000000488. The zero-order valence-corrected chi connectivity index (χ0v) is 18.3. The van der Waals surface area contributed by atoms with Crippen molar-refractivity contribution in [3.05, 3.63) is 11.5 Å². The van der Waals surface area contributed by atoms with Gasteiger partial charge in [-0.25, -0.2) is 4.79 Å². The van der Waals surface area contributed by atoms with E-state index >= 15 is 0 Å². The van der Waals surface area contributed by atoms with Crippen LogP contribution in [0.25, 0.3) is 0 Å². The predicted molar refractivity (Wildman–Crippen MR) is 79.9 cm³/mol. The smallest absolute Gasteiger partial charge is 0.550 e. The third-order valence-corrected chi connectivity index (χ3v) is 5.44. The molecule has 0 bridgehead atoms. The quantitative estimate of drug-likeness (QED) is 0.269. The molecule has 0 spiro atoms. The summed E-state index contributed by atoms with van der Waals surface area (Å²) < 4.78 is 4.32. The molecule has 0 radical (unpaired) electrons. The molecular weight excluding hydrogens is 418 g/mol.